The van der Waals surface area contributed by atoms with Gasteiger partial charge in [0.2, 0.25) is 0 Å². The van der Waals surface area contributed by atoms with Crippen LogP contribution in [0.4, 0.5) is 4.79 Å². The monoisotopic (exact) mass is 562 g/mol. The predicted molar refractivity (Wildman–Crippen MR) is 111 cm³/mol. The zero-order valence-electron chi connectivity index (χ0n) is 14.0. The smallest absolute Gasteiger partial charge is 0.339 e. The van der Waals surface area contributed by atoms with E-state index in [1.54, 1.807) is 0 Å². The van der Waals surface area contributed by atoms with E-state index >= 15 is 0 Å². The molecule has 0 bridgehead atoms. The number of barbiturate groups is 1. The van der Waals surface area contributed by atoms with Crippen LogP contribution in [0.5, 0.6) is 5.75 Å². The molecular formula is C17H9Br2ClN2O6S. The molecule has 12 heteroatoms. The first-order valence-electron chi connectivity index (χ1n) is 7.64. The number of hydrogen-bond acceptors (Lipinski definition) is 6. The van der Waals surface area contributed by atoms with Gasteiger partial charge in [0.1, 0.15) is 10.5 Å². The van der Waals surface area contributed by atoms with Gasteiger partial charge in [0.15, 0.2) is 5.75 Å². The third-order valence-corrected chi connectivity index (χ3v) is 6.11. The van der Waals surface area contributed by atoms with Crippen molar-refractivity contribution in [3.63, 3.8) is 0 Å². The molecule has 1 saturated heterocycles. The fourth-order valence-corrected chi connectivity index (χ4v) is 4.84. The van der Waals surface area contributed by atoms with Crippen molar-refractivity contribution in [1.29, 1.82) is 0 Å². The normalized spacial score (nSPS) is 14.3. The third kappa shape index (κ3) is 4.86. The highest BCUT2D eigenvalue weighted by Crippen LogP contribution is 2.36. The Hall–Kier alpha value is -2.21. The Balaban J connectivity index is 2.07. The maximum Gasteiger partial charge on any atom is 0.339 e. The number of carbonyl (C=O) groups excluding carboxylic acids is 3. The van der Waals surface area contributed by atoms with E-state index in [1.807, 2.05) is 10.6 Å². The number of carbonyl (C=O) groups is 3. The third-order valence-electron chi connectivity index (χ3n) is 3.58. The van der Waals surface area contributed by atoms with Crippen LogP contribution in [-0.2, 0) is 19.7 Å². The molecule has 1 fully saturated rings. The number of halogens is 3. The highest BCUT2D eigenvalue weighted by molar-refractivity contribution is 9.11. The first kappa shape index (κ1) is 21.5. The highest BCUT2D eigenvalue weighted by atomic mass is 79.9. The van der Waals surface area contributed by atoms with Gasteiger partial charge in [0.25, 0.3) is 11.8 Å². The van der Waals surface area contributed by atoms with Crippen molar-refractivity contribution in [3.05, 3.63) is 61.5 Å². The molecule has 2 aromatic carbocycles. The first-order chi connectivity index (χ1) is 13.6. The molecule has 1 aliphatic heterocycles. The molecule has 0 aliphatic carbocycles. The molecule has 1 aliphatic rings. The van der Waals surface area contributed by atoms with Gasteiger partial charge in [0, 0.05) is 15.1 Å². The summed E-state index contributed by atoms with van der Waals surface area (Å²) in [5.41, 5.74) is -0.304. The van der Waals surface area contributed by atoms with Crippen molar-refractivity contribution >= 4 is 77.5 Å². The van der Waals surface area contributed by atoms with Crippen molar-refractivity contribution in [2.75, 3.05) is 0 Å². The second kappa shape index (κ2) is 8.27. The minimum atomic E-state index is -4.25. The number of benzene rings is 2. The molecule has 0 unspecified atom stereocenters. The molecule has 2 aromatic rings. The second-order valence-corrected chi connectivity index (χ2v) is 9.35. The summed E-state index contributed by atoms with van der Waals surface area (Å²) < 4.78 is 31.3. The summed E-state index contributed by atoms with van der Waals surface area (Å²) in [7, 11) is -4.25. The average Bonchev–Trinajstić information content (AvgIpc) is 2.61. The maximum atomic E-state index is 12.6. The molecular weight excluding hydrogens is 556 g/mol. The zero-order valence-corrected chi connectivity index (χ0v) is 18.8. The summed E-state index contributed by atoms with van der Waals surface area (Å²) in [5.74, 6) is -2.02. The molecule has 1 heterocycles. The number of urea groups is 1. The molecule has 3 rings (SSSR count). The molecule has 8 nitrogen and oxygen atoms in total. The first-order valence-corrected chi connectivity index (χ1v) is 11.0. The summed E-state index contributed by atoms with van der Waals surface area (Å²) in [6, 6.07) is 7.36. The molecule has 0 saturated carbocycles. The lowest BCUT2D eigenvalue weighted by Crippen LogP contribution is -2.51. The fraction of sp³-hybridized carbons (Fsp3) is 0. The standard InChI is InChI=1S/C17H9Br2ClN2O6S/c18-9-5-8(6-12-15(23)21-17(25)22-16(12)24)14(13(19)7-9)28-29(26,27)11-3-1-10(20)2-4-11/h1-7H,(H2,21,22,23,24,25). The lowest BCUT2D eigenvalue weighted by molar-refractivity contribution is -0.123. The number of imide groups is 2. The van der Waals surface area contributed by atoms with E-state index in [1.165, 1.54) is 36.4 Å². The van der Waals surface area contributed by atoms with E-state index in [2.05, 4.69) is 31.9 Å². The predicted octanol–water partition coefficient (Wildman–Crippen LogP) is 3.38. The van der Waals surface area contributed by atoms with Gasteiger partial charge < -0.3 is 4.18 Å². The van der Waals surface area contributed by atoms with Crippen LogP contribution in [0.15, 0.2) is 55.8 Å². The molecule has 2 N–H and O–H groups in total. The van der Waals surface area contributed by atoms with Crippen molar-refractivity contribution in [3.8, 4) is 5.75 Å². The Morgan fingerprint density at radius 3 is 2.14 bits per heavy atom. The molecule has 4 amide bonds. The van der Waals surface area contributed by atoms with Crippen LogP contribution < -0.4 is 14.8 Å². The van der Waals surface area contributed by atoms with E-state index < -0.39 is 33.5 Å². The van der Waals surface area contributed by atoms with Crippen molar-refractivity contribution in [1.82, 2.24) is 10.6 Å². The van der Waals surface area contributed by atoms with E-state index in [4.69, 9.17) is 15.8 Å². The molecule has 150 valence electrons. The quantitative estimate of drug-likeness (QED) is 0.334. The number of rotatable bonds is 4. The van der Waals surface area contributed by atoms with Gasteiger partial charge in [-0.1, -0.05) is 27.5 Å². The zero-order chi connectivity index (χ0) is 21.3. The lowest BCUT2D eigenvalue weighted by Gasteiger charge is -2.16. The van der Waals surface area contributed by atoms with Crippen molar-refractivity contribution in [2.45, 2.75) is 4.90 Å². The number of hydrogen-bond donors (Lipinski definition) is 2. The molecule has 29 heavy (non-hydrogen) atoms. The molecule has 0 atom stereocenters. The Kier molecular flexibility index (Phi) is 6.13. The summed E-state index contributed by atoms with van der Waals surface area (Å²) in [4.78, 5) is 35.0. The van der Waals surface area contributed by atoms with Crippen molar-refractivity contribution in [2.24, 2.45) is 0 Å². The van der Waals surface area contributed by atoms with E-state index in [0.29, 0.717) is 9.50 Å². The van der Waals surface area contributed by atoms with Crippen LogP contribution in [0.1, 0.15) is 5.56 Å². The van der Waals surface area contributed by atoms with Gasteiger partial charge in [-0.15, -0.1) is 0 Å². The maximum absolute atomic E-state index is 12.6. The topological polar surface area (TPSA) is 119 Å². The Morgan fingerprint density at radius 2 is 1.55 bits per heavy atom. The summed E-state index contributed by atoms with van der Waals surface area (Å²) >= 11 is 12.2. The van der Waals surface area contributed by atoms with Gasteiger partial charge in [-0.2, -0.15) is 8.42 Å². The van der Waals surface area contributed by atoms with Crippen LogP contribution in [0.2, 0.25) is 5.02 Å². The van der Waals surface area contributed by atoms with E-state index in [9.17, 15) is 22.8 Å². The number of nitrogens with one attached hydrogen (secondary N) is 2. The van der Waals surface area contributed by atoms with Crippen LogP contribution >= 0.6 is 43.5 Å². The Bertz CT molecular complexity index is 1160. The van der Waals surface area contributed by atoms with Gasteiger partial charge in [0.05, 0.1) is 4.47 Å². The minimum Gasteiger partial charge on any atom is -0.377 e. The van der Waals surface area contributed by atoms with E-state index in [0.717, 1.165) is 6.08 Å². The fourth-order valence-electron chi connectivity index (χ4n) is 2.30. The van der Waals surface area contributed by atoms with Gasteiger partial charge in [-0.25, -0.2) is 4.79 Å². The molecule has 0 radical (unpaired) electrons. The largest absolute Gasteiger partial charge is 0.377 e. The Morgan fingerprint density at radius 1 is 0.966 bits per heavy atom. The van der Waals surface area contributed by atoms with Crippen molar-refractivity contribution < 1.29 is 27.0 Å². The van der Waals surface area contributed by atoms with Crippen LogP contribution in [0.25, 0.3) is 6.08 Å². The summed E-state index contributed by atoms with van der Waals surface area (Å²) in [6.45, 7) is 0. The average molecular weight is 565 g/mol. The lowest BCUT2D eigenvalue weighted by atomic mass is 10.1. The van der Waals surface area contributed by atoms with Crippen LogP contribution in [-0.4, -0.2) is 26.3 Å². The van der Waals surface area contributed by atoms with Crippen LogP contribution in [0.3, 0.4) is 0 Å². The van der Waals surface area contributed by atoms with Gasteiger partial charge >= 0.3 is 16.1 Å². The summed E-state index contributed by atoms with van der Waals surface area (Å²) in [6.07, 6.45) is 1.11. The SMILES string of the molecule is O=C1NC(=O)C(=Cc2cc(Br)cc(Br)c2OS(=O)(=O)c2ccc(Cl)cc2)C(=O)N1. The van der Waals surface area contributed by atoms with Gasteiger partial charge in [-0.3, -0.25) is 20.2 Å². The number of amides is 4. The van der Waals surface area contributed by atoms with Gasteiger partial charge in [-0.05, 0) is 58.4 Å². The summed E-state index contributed by atoms with van der Waals surface area (Å²) in [5, 5.41) is 4.22. The second-order valence-electron chi connectivity index (χ2n) is 5.59. The Labute approximate surface area is 186 Å². The van der Waals surface area contributed by atoms with Crippen LogP contribution in [0, 0.1) is 0 Å². The minimum absolute atomic E-state index is 0.0958. The molecule has 0 aromatic heterocycles. The molecule has 0 spiro atoms. The highest BCUT2D eigenvalue weighted by Gasteiger charge is 2.29. The van der Waals surface area contributed by atoms with E-state index in [-0.39, 0.29) is 20.7 Å².